The fourth-order valence-corrected chi connectivity index (χ4v) is 3.48. The van der Waals surface area contributed by atoms with Crippen molar-refractivity contribution in [3.63, 3.8) is 0 Å². The Labute approximate surface area is 176 Å². The van der Waals surface area contributed by atoms with Crippen LogP contribution in [-0.4, -0.2) is 10.9 Å². The number of benzene rings is 2. The molecule has 0 unspecified atom stereocenters. The molecule has 0 radical (unpaired) electrons. The zero-order valence-corrected chi connectivity index (χ0v) is 17.5. The van der Waals surface area contributed by atoms with Crippen LogP contribution in [0.3, 0.4) is 0 Å². The van der Waals surface area contributed by atoms with Crippen LogP contribution >= 0.6 is 15.9 Å². The number of nitrogens with zero attached hydrogens (tertiary/aromatic N) is 2. The standard InChI is InChI=1S/C23H18BrN3O2/c1-14-9-15(2)11-18(10-14)26-23-19(22(28)27-21-5-3-4-8-25-21)13-16-12-17(24)6-7-20(16)29-23/h3-13H,1-2H3,(H,25,27,28). The van der Waals surface area contributed by atoms with E-state index >= 15 is 0 Å². The van der Waals surface area contributed by atoms with Gasteiger partial charge >= 0.3 is 0 Å². The van der Waals surface area contributed by atoms with Crippen molar-refractivity contribution in [2.75, 3.05) is 5.32 Å². The molecule has 5 nitrogen and oxygen atoms in total. The van der Waals surface area contributed by atoms with Crippen LogP contribution in [0.4, 0.5) is 11.5 Å². The highest BCUT2D eigenvalue weighted by atomic mass is 79.9. The van der Waals surface area contributed by atoms with Gasteiger partial charge in [-0.15, -0.1) is 0 Å². The van der Waals surface area contributed by atoms with Gasteiger partial charge in [0.1, 0.15) is 17.0 Å². The molecule has 2 heterocycles. The number of hydrogen-bond donors (Lipinski definition) is 1. The lowest BCUT2D eigenvalue weighted by atomic mass is 10.1. The summed E-state index contributed by atoms with van der Waals surface area (Å²) in [6, 6.07) is 18.7. The number of fused-ring (bicyclic) bond motifs is 1. The normalized spacial score (nSPS) is 11.6. The smallest absolute Gasteiger partial charge is 0.262 e. The number of aryl methyl sites for hydroxylation is 2. The van der Waals surface area contributed by atoms with Crippen molar-refractivity contribution >= 4 is 44.3 Å². The molecule has 144 valence electrons. The number of aromatic nitrogens is 1. The molecule has 0 aliphatic carbocycles. The highest BCUT2D eigenvalue weighted by Crippen LogP contribution is 2.21. The summed E-state index contributed by atoms with van der Waals surface area (Å²) in [6.45, 7) is 4.02. The topological polar surface area (TPSA) is 67.5 Å². The van der Waals surface area contributed by atoms with Crippen molar-refractivity contribution in [1.82, 2.24) is 4.98 Å². The fraction of sp³-hybridized carbons (Fsp3) is 0.0870. The molecular formula is C23H18BrN3O2. The van der Waals surface area contributed by atoms with E-state index in [1.807, 2.05) is 50.2 Å². The first-order valence-corrected chi connectivity index (χ1v) is 9.86. The second kappa shape index (κ2) is 8.01. The summed E-state index contributed by atoms with van der Waals surface area (Å²) in [7, 11) is 0. The highest BCUT2D eigenvalue weighted by molar-refractivity contribution is 9.10. The number of halogens is 1. The van der Waals surface area contributed by atoms with Gasteiger partial charge in [-0.25, -0.2) is 9.98 Å². The molecule has 1 amide bonds. The lowest BCUT2D eigenvalue weighted by Gasteiger charge is -2.07. The Kier molecular flexibility index (Phi) is 5.27. The van der Waals surface area contributed by atoms with Crippen LogP contribution in [0.15, 0.2) is 80.7 Å². The molecule has 0 aliphatic heterocycles. The van der Waals surface area contributed by atoms with E-state index in [2.05, 4.69) is 37.3 Å². The predicted octanol–water partition coefficient (Wildman–Crippen LogP) is 5.69. The number of nitrogens with one attached hydrogen (secondary N) is 1. The van der Waals surface area contributed by atoms with Gasteiger partial charge in [0.05, 0.1) is 5.69 Å². The quantitative estimate of drug-likeness (QED) is 0.438. The summed E-state index contributed by atoms with van der Waals surface area (Å²) in [5.41, 5.74) is 4.14. The second-order valence-electron chi connectivity index (χ2n) is 6.77. The maximum absolute atomic E-state index is 13.0. The van der Waals surface area contributed by atoms with E-state index in [1.54, 1.807) is 24.4 Å². The van der Waals surface area contributed by atoms with Crippen LogP contribution in [0.1, 0.15) is 21.5 Å². The molecule has 4 aromatic rings. The Morgan fingerprint density at radius 1 is 1.03 bits per heavy atom. The molecule has 4 rings (SSSR count). The van der Waals surface area contributed by atoms with Gasteiger partial charge in [-0.05, 0) is 73.5 Å². The van der Waals surface area contributed by atoms with E-state index in [4.69, 9.17) is 4.42 Å². The lowest BCUT2D eigenvalue weighted by molar-refractivity contribution is 0.102. The number of pyridine rings is 1. The molecule has 2 aromatic carbocycles. The first-order chi connectivity index (χ1) is 14.0. The van der Waals surface area contributed by atoms with E-state index in [1.165, 1.54) is 0 Å². The summed E-state index contributed by atoms with van der Waals surface area (Å²) >= 11 is 3.46. The van der Waals surface area contributed by atoms with Crippen LogP contribution in [0, 0.1) is 13.8 Å². The lowest BCUT2D eigenvalue weighted by Crippen LogP contribution is -2.22. The van der Waals surface area contributed by atoms with E-state index in [-0.39, 0.29) is 11.5 Å². The molecule has 0 bridgehead atoms. The minimum absolute atomic E-state index is 0.248. The Morgan fingerprint density at radius 3 is 2.55 bits per heavy atom. The Bertz CT molecular complexity index is 1260. The SMILES string of the molecule is Cc1cc(C)cc(N=c2oc3ccc(Br)cc3cc2C(=O)Nc2ccccn2)c1. The maximum atomic E-state index is 13.0. The average molecular weight is 448 g/mol. The van der Waals surface area contributed by atoms with Gasteiger partial charge in [-0.1, -0.05) is 28.1 Å². The monoisotopic (exact) mass is 447 g/mol. The molecule has 0 atom stereocenters. The maximum Gasteiger partial charge on any atom is 0.262 e. The molecule has 2 aromatic heterocycles. The van der Waals surface area contributed by atoms with Crippen molar-refractivity contribution in [2.45, 2.75) is 13.8 Å². The van der Waals surface area contributed by atoms with E-state index in [0.29, 0.717) is 17.0 Å². The summed E-state index contributed by atoms with van der Waals surface area (Å²) in [4.78, 5) is 21.8. The van der Waals surface area contributed by atoms with E-state index in [0.717, 1.165) is 26.7 Å². The third kappa shape index (κ3) is 4.43. The van der Waals surface area contributed by atoms with Gasteiger partial charge in [0, 0.05) is 16.1 Å². The number of rotatable bonds is 3. The predicted molar refractivity (Wildman–Crippen MR) is 117 cm³/mol. The third-order valence-corrected chi connectivity index (χ3v) is 4.79. The molecule has 0 saturated carbocycles. The Balaban J connectivity index is 1.89. The Hall–Kier alpha value is -3.25. The van der Waals surface area contributed by atoms with E-state index < -0.39 is 0 Å². The van der Waals surface area contributed by atoms with Gasteiger partial charge in [-0.2, -0.15) is 0 Å². The average Bonchev–Trinajstić information content (AvgIpc) is 2.67. The summed E-state index contributed by atoms with van der Waals surface area (Å²) in [5.74, 6) is 0.127. The van der Waals surface area contributed by atoms with Gasteiger partial charge < -0.3 is 9.73 Å². The minimum atomic E-state index is -0.336. The van der Waals surface area contributed by atoms with Crippen molar-refractivity contribution in [2.24, 2.45) is 4.99 Å². The molecule has 0 aliphatic rings. The summed E-state index contributed by atoms with van der Waals surface area (Å²) in [6.07, 6.45) is 1.62. The second-order valence-corrected chi connectivity index (χ2v) is 7.69. The third-order valence-electron chi connectivity index (χ3n) is 4.30. The molecule has 0 spiro atoms. The molecular weight excluding hydrogens is 430 g/mol. The largest absolute Gasteiger partial charge is 0.438 e. The molecule has 0 fully saturated rings. The van der Waals surface area contributed by atoms with E-state index in [9.17, 15) is 4.79 Å². The zero-order valence-electron chi connectivity index (χ0n) is 15.9. The summed E-state index contributed by atoms with van der Waals surface area (Å²) in [5, 5.41) is 3.60. The van der Waals surface area contributed by atoms with Crippen LogP contribution < -0.4 is 10.9 Å². The van der Waals surface area contributed by atoms with Gasteiger partial charge in [0.2, 0.25) is 5.55 Å². The van der Waals surface area contributed by atoms with Crippen molar-refractivity contribution in [1.29, 1.82) is 0 Å². The van der Waals surface area contributed by atoms with Gasteiger partial charge in [0.15, 0.2) is 0 Å². The molecule has 0 saturated heterocycles. The van der Waals surface area contributed by atoms with Crippen LogP contribution in [-0.2, 0) is 0 Å². The van der Waals surface area contributed by atoms with Crippen molar-refractivity contribution in [3.8, 4) is 0 Å². The van der Waals surface area contributed by atoms with Crippen LogP contribution in [0.25, 0.3) is 11.0 Å². The van der Waals surface area contributed by atoms with Crippen LogP contribution in [0.2, 0.25) is 0 Å². The van der Waals surface area contributed by atoms with Crippen molar-refractivity contribution < 1.29 is 9.21 Å². The highest BCUT2D eigenvalue weighted by Gasteiger charge is 2.14. The number of amides is 1. The molecule has 29 heavy (non-hydrogen) atoms. The first-order valence-electron chi connectivity index (χ1n) is 9.07. The van der Waals surface area contributed by atoms with Gasteiger partial charge in [-0.3, -0.25) is 4.79 Å². The number of carbonyl (C=O) groups excluding carboxylic acids is 1. The molecule has 1 N–H and O–H groups in total. The first kappa shape index (κ1) is 19.1. The summed E-state index contributed by atoms with van der Waals surface area (Å²) < 4.78 is 6.92. The number of carbonyl (C=O) groups is 1. The minimum Gasteiger partial charge on any atom is -0.438 e. The number of hydrogen-bond acceptors (Lipinski definition) is 4. The zero-order chi connectivity index (χ0) is 20.4. The Morgan fingerprint density at radius 2 is 1.83 bits per heavy atom. The number of anilines is 1. The fourth-order valence-electron chi connectivity index (χ4n) is 3.10. The van der Waals surface area contributed by atoms with Gasteiger partial charge in [0.25, 0.3) is 5.91 Å². The van der Waals surface area contributed by atoms with Crippen LogP contribution in [0.5, 0.6) is 0 Å². The molecule has 6 heteroatoms. The van der Waals surface area contributed by atoms with Crippen molar-refractivity contribution in [3.05, 3.63) is 93.6 Å².